The largest absolute Gasteiger partial charge is 0.464 e. The minimum Gasteiger partial charge on any atom is -0.464 e. The van der Waals surface area contributed by atoms with Gasteiger partial charge in [0.25, 0.3) is 0 Å². The lowest BCUT2D eigenvalue weighted by Gasteiger charge is -2.04. The summed E-state index contributed by atoms with van der Waals surface area (Å²) in [7, 11) is 0. The van der Waals surface area contributed by atoms with E-state index in [0.29, 0.717) is 18.5 Å². The lowest BCUT2D eigenvalue weighted by molar-refractivity contribution is 0.553. The maximum Gasteiger partial charge on any atom is 0.336 e. The molecule has 3 aromatic rings. The van der Waals surface area contributed by atoms with E-state index >= 15 is 0 Å². The summed E-state index contributed by atoms with van der Waals surface area (Å²) in [5.41, 5.74) is 7.41. The van der Waals surface area contributed by atoms with Gasteiger partial charge in [0.15, 0.2) is 0 Å². The first-order chi connectivity index (χ1) is 8.29. The van der Waals surface area contributed by atoms with Crippen LogP contribution in [-0.2, 0) is 6.42 Å². The number of rotatable bonds is 2. The third kappa shape index (κ3) is 1.54. The van der Waals surface area contributed by atoms with E-state index in [-0.39, 0.29) is 5.63 Å². The van der Waals surface area contributed by atoms with Gasteiger partial charge in [-0.05, 0) is 31.2 Å². The molecule has 0 fully saturated rings. The molecule has 0 atom stereocenters. The van der Waals surface area contributed by atoms with Crippen LogP contribution in [0.15, 0.2) is 44.2 Å². The Morgan fingerprint density at radius 2 is 1.94 bits per heavy atom. The third-order valence-corrected chi connectivity index (χ3v) is 2.81. The number of nitrogens with two attached hydrogens (primary N) is 1. The molecule has 2 aromatic heterocycles. The zero-order chi connectivity index (χ0) is 11.8. The van der Waals surface area contributed by atoms with Crippen LogP contribution in [0.5, 0.6) is 0 Å². The minimum absolute atomic E-state index is 0.360. The highest BCUT2D eigenvalue weighted by Crippen LogP contribution is 2.28. The smallest absolute Gasteiger partial charge is 0.336 e. The van der Waals surface area contributed by atoms with Crippen LogP contribution in [0.1, 0.15) is 5.56 Å². The molecule has 0 bridgehead atoms. The first-order valence-corrected chi connectivity index (χ1v) is 5.42. The normalized spacial score (nSPS) is 11.4. The molecular weight excluding hydrogens is 218 g/mol. The minimum atomic E-state index is -0.360. The van der Waals surface area contributed by atoms with Gasteiger partial charge in [-0.2, -0.15) is 0 Å². The quantitative estimate of drug-likeness (QED) is 0.683. The SMILES string of the molecule is NCCc1c2occc2cc2ccc(=O)oc12. The van der Waals surface area contributed by atoms with Gasteiger partial charge in [-0.15, -0.1) is 0 Å². The standard InChI is InChI=1S/C13H11NO3/c14-5-3-10-12-9(4-6-16-12)7-8-1-2-11(15)17-13(8)10/h1-2,4,6-7H,3,5,14H2. The van der Waals surface area contributed by atoms with Crippen molar-refractivity contribution in [2.45, 2.75) is 6.42 Å². The van der Waals surface area contributed by atoms with Gasteiger partial charge in [0, 0.05) is 22.4 Å². The summed E-state index contributed by atoms with van der Waals surface area (Å²) in [6, 6.07) is 7.01. The monoisotopic (exact) mass is 229 g/mol. The van der Waals surface area contributed by atoms with Crippen LogP contribution in [0.3, 0.4) is 0 Å². The molecule has 0 saturated carbocycles. The first kappa shape index (κ1) is 10.1. The zero-order valence-electron chi connectivity index (χ0n) is 9.10. The number of hydrogen-bond acceptors (Lipinski definition) is 4. The molecule has 3 rings (SSSR count). The molecule has 4 nitrogen and oxygen atoms in total. The van der Waals surface area contributed by atoms with Crippen molar-refractivity contribution in [3.63, 3.8) is 0 Å². The molecule has 86 valence electrons. The van der Waals surface area contributed by atoms with E-state index in [0.717, 1.165) is 21.9 Å². The van der Waals surface area contributed by atoms with Crippen molar-refractivity contribution >= 4 is 21.9 Å². The summed E-state index contributed by atoms with van der Waals surface area (Å²) in [4.78, 5) is 11.3. The van der Waals surface area contributed by atoms with Crippen LogP contribution >= 0.6 is 0 Å². The van der Waals surface area contributed by atoms with E-state index in [1.807, 2.05) is 12.1 Å². The summed E-state index contributed by atoms with van der Waals surface area (Å²) < 4.78 is 10.7. The van der Waals surface area contributed by atoms with E-state index in [4.69, 9.17) is 14.6 Å². The predicted molar refractivity (Wildman–Crippen MR) is 65.0 cm³/mol. The maximum atomic E-state index is 11.3. The molecule has 0 amide bonds. The Morgan fingerprint density at radius 1 is 1.12 bits per heavy atom. The third-order valence-electron chi connectivity index (χ3n) is 2.81. The first-order valence-electron chi connectivity index (χ1n) is 5.42. The van der Waals surface area contributed by atoms with E-state index in [2.05, 4.69) is 0 Å². The topological polar surface area (TPSA) is 69.4 Å². The number of benzene rings is 1. The average Bonchev–Trinajstić information content (AvgIpc) is 2.77. The molecule has 2 N–H and O–H groups in total. The predicted octanol–water partition coefficient (Wildman–Crippen LogP) is 2.04. The van der Waals surface area contributed by atoms with E-state index in [1.165, 1.54) is 6.07 Å². The number of hydrogen-bond donors (Lipinski definition) is 1. The molecule has 0 aliphatic rings. The Bertz CT molecular complexity index is 739. The van der Waals surface area contributed by atoms with Gasteiger partial charge in [-0.25, -0.2) is 4.79 Å². The molecular formula is C13H11NO3. The fourth-order valence-electron chi connectivity index (χ4n) is 2.10. The highest BCUT2D eigenvalue weighted by atomic mass is 16.4. The average molecular weight is 229 g/mol. The van der Waals surface area contributed by atoms with Gasteiger partial charge in [-0.3, -0.25) is 0 Å². The van der Waals surface area contributed by atoms with Crippen LogP contribution in [0, 0.1) is 0 Å². The molecule has 0 saturated heterocycles. The van der Waals surface area contributed by atoms with Crippen LogP contribution in [0.2, 0.25) is 0 Å². The fourth-order valence-corrected chi connectivity index (χ4v) is 2.10. The summed E-state index contributed by atoms with van der Waals surface area (Å²) >= 11 is 0. The highest BCUT2D eigenvalue weighted by Gasteiger charge is 2.12. The zero-order valence-corrected chi connectivity index (χ0v) is 9.10. The second-order valence-electron chi connectivity index (χ2n) is 3.91. The number of fused-ring (bicyclic) bond motifs is 2. The van der Waals surface area contributed by atoms with Gasteiger partial charge < -0.3 is 14.6 Å². The van der Waals surface area contributed by atoms with Crippen molar-refractivity contribution in [3.05, 3.63) is 46.5 Å². The lowest BCUT2D eigenvalue weighted by atomic mass is 10.0. The van der Waals surface area contributed by atoms with Crippen molar-refractivity contribution < 1.29 is 8.83 Å². The number of furan rings is 1. The molecule has 0 aliphatic heterocycles. The van der Waals surface area contributed by atoms with Crippen molar-refractivity contribution in [1.82, 2.24) is 0 Å². The van der Waals surface area contributed by atoms with Crippen LogP contribution in [-0.4, -0.2) is 6.54 Å². The molecule has 0 radical (unpaired) electrons. The van der Waals surface area contributed by atoms with Gasteiger partial charge in [0.05, 0.1) is 6.26 Å². The van der Waals surface area contributed by atoms with Crippen molar-refractivity contribution in [2.24, 2.45) is 5.73 Å². The molecule has 4 heteroatoms. The second-order valence-corrected chi connectivity index (χ2v) is 3.91. The molecule has 2 heterocycles. The van der Waals surface area contributed by atoms with Crippen molar-refractivity contribution in [2.75, 3.05) is 6.54 Å². The lowest BCUT2D eigenvalue weighted by Crippen LogP contribution is -2.05. The fraction of sp³-hybridized carbons (Fsp3) is 0.154. The van der Waals surface area contributed by atoms with Crippen LogP contribution < -0.4 is 11.4 Å². The molecule has 17 heavy (non-hydrogen) atoms. The molecule has 0 spiro atoms. The van der Waals surface area contributed by atoms with Crippen LogP contribution in [0.25, 0.3) is 21.9 Å². The summed E-state index contributed by atoms with van der Waals surface area (Å²) in [6.07, 6.45) is 2.25. The van der Waals surface area contributed by atoms with E-state index in [9.17, 15) is 4.79 Å². The Labute approximate surface area is 96.6 Å². The summed E-state index contributed by atoms with van der Waals surface area (Å²) in [6.45, 7) is 0.480. The van der Waals surface area contributed by atoms with Crippen molar-refractivity contribution in [3.8, 4) is 0 Å². The Balaban J connectivity index is 2.49. The second kappa shape index (κ2) is 3.75. The van der Waals surface area contributed by atoms with Gasteiger partial charge in [0.2, 0.25) is 0 Å². The highest BCUT2D eigenvalue weighted by molar-refractivity contribution is 5.96. The van der Waals surface area contributed by atoms with Gasteiger partial charge >= 0.3 is 5.63 Å². The van der Waals surface area contributed by atoms with Crippen molar-refractivity contribution in [1.29, 1.82) is 0 Å². The Morgan fingerprint density at radius 3 is 2.76 bits per heavy atom. The molecule has 0 unspecified atom stereocenters. The summed E-state index contributed by atoms with van der Waals surface area (Å²) in [5.74, 6) is 0. The Kier molecular flexibility index (Phi) is 2.23. The molecule has 0 aliphatic carbocycles. The van der Waals surface area contributed by atoms with E-state index < -0.39 is 0 Å². The van der Waals surface area contributed by atoms with Gasteiger partial charge in [0.1, 0.15) is 11.2 Å². The molecule has 1 aromatic carbocycles. The van der Waals surface area contributed by atoms with Crippen LogP contribution in [0.4, 0.5) is 0 Å². The maximum absolute atomic E-state index is 11.3. The Hall–Kier alpha value is -2.07. The summed E-state index contributed by atoms with van der Waals surface area (Å²) in [5, 5.41) is 1.89. The van der Waals surface area contributed by atoms with E-state index in [1.54, 1.807) is 12.3 Å². The van der Waals surface area contributed by atoms with Gasteiger partial charge in [-0.1, -0.05) is 0 Å².